The van der Waals surface area contributed by atoms with Gasteiger partial charge in [0.25, 0.3) is 5.89 Å². The van der Waals surface area contributed by atoms with E-state index in [9.17, 15) is 0 Å². The summed E-state index contributed by atoms with van der Waals surface area (Å²) >= 11 is 0. The summed E-state index contributed by atoms with van der Waals surface area (Å²) in [4.78, 5) is 8.08. The van der Waals surface area contributed by atoms with Gasteiger partial charge in [-0.2, -0.15) is 4.98 Å². The molecule has 1 aromatic carbocycles. The average Bonchev–Trinajstić information content (AvgIpc) is 3.00. The van der Waals surface area contributed by atoms with E-state index < -0.39 is 0 Å². The van der Waals surface area contributed by atoms with Crippen molar-refractivity contribution in [2.45, 2.75) is 6.92 Å². The van der Waals surface area contributed by atoms with E-state index in [0.29, 0.717) is 17.5 Å². The molecule has 17 heavy (non-hydrogen) atoms. The highest BCUT2D eigenvalue weighted by Gasteiger charge is 2.13. The number of aromatic nitrogens is 3. The normalized spacial score (nSPS) is 10.6. The number of hydrogen-bond donors (Lipinski definition) is 0. The van der Waals surface area contributed by atoms with Crippen LogP contribution in [0.15, 0.2) is 45.8 Å². The summed E-state index contributed by atoms with van der Waals surface area (Å²) in [7, 11) is 0. The molecule has 84 valence electrons. The standard InChI is InChI=1S/C12H9N3O2/c1-8-4-2-3-5-9(8)11-14-12(17-15-11)10-6-13-7-16-10/h2-7H,1H3. The van der Waals surface area contributed by atoms with Gasteiger partial charge in [0.15, 0.2) is 6.39 Å². The molecule has 0 aliphatic carbocycles. The predicted octanol–water partition coefficient (Wildman–Crippen LogP) is 2.70. The summed E-state index contributed by atoms with van der Waals surface area (Å²) < 4.78 is 10.2. The summed E-state index contributed by atoms with van der Waals surface area (Å²) in [6, 6.07) is 7.85. The number of rotatable bonds is 2. The van der Waals surface area contributed by atoms with Crippen LogP contribution in [0, 0.1) is 6.92 Å². The molecule has 3 rings (SSSR count). The maximum absolute atomic E-state index is 5.12. The molecule has 2 aromatic heterocycles. The Hall–Kier alpha value is -2.43. The fourth-order valence-electron chi connectivity index (χ4n) is 1.58. The molecule has 0 radical (unpaired) electrons. The average molecular weight is 227 g/mol. The van der Waals surface area contributed by atoms with Crippen LogP contribution in [-0.4, -0.2) is 15.1 Å². The van der Waals surface area contributed by atoms with Gasteiger partial charge in [0.1, 0.15) is 0 Å². The van der Waals surface area contributed by atoms with Crippen molar-refractivity contribution in [2.75, 3.05) is 0 Å². The van der Waals surface area contributed by atoms with Crippen molar-refractivity contribution in [3.05, 3.63) is 42.4 Å². The Kier molecular flexibility index (Phi) is 2.22. The third-order valence-electron chi connectivity index (χ3n) is 2.46. The lowest BCUT2D eigenvalue weighted by Gasteiger charge is -1.97. The van der Waals surface area contributed by atoms with Gasteiger partial charge in [-0.15, -0.1) is 0 Å². The summed E-state index contributed by atoms with van der Waals surface area (Å²) in [5.41, 5.74) is 2.04. The van der Waals surface area contributed by atoms with Crippen molar-refractivity contribution in [1.29, 1.82) is 0 Å². The van der Waals surface area contributed by atoms with Crippen LogP contribution in [0.4, 0.5) is 0 Å². The van der Waals surface area contributed by atoms with Crippen LogP contribution in [0.25, 0.3) is 23.0 Å². The molecule has 0 amide bonds. The van der Waals surface area contributed by atoms with Crippen molar-refractivity contribution < 1.29 is 8.94 Å². The lowest BCUT2D eigenvalue weighted by molar-refractivity contribution is 0.416. The van der Waals surface area contributed by atoms with Gasteiger partial charge >= 0.3 is 0 Å². The topological polar surface area (TPSA) is 65.0 Å². The SMILES string of the molecule is Cc1ccccc1-c1noc(-c2cnco2)n1. The monoisotopic (exact) mass is 227 g/mol. The zero-order valence-electron chi connectivity index (χ0n) is 9.12. The predicted molar refractivity (Wildman–Crippen MR) is 60.0 cm³/mol. The molecule has 0 unspecified atom stereocenters. The van der Waals surface area contributed by atoms with E-state index in [1.165, 1.54) is 12.6 Å². The van der Waals surface area contributed by atoms with E-state index in [1.807, 2.05) is 31.2 Å². The molecular weight excluding hydrogens is 218 g/mol. The Balaban J connectivity index is 2.04. The Labute approximate surface area is 97.1 Å². The molecule has 0 N–H and O–H groups in total. The number of oxazole rings is 1. The minimum atomic E-state index is 0.334. The quantitative estimate of drug-likeness (QED) is 0.673. The number of hydrogen-bond acceptors (Lipinski definition) is 5. The Morgan fingerprint density at radius 1 is 1.18 bits per heavy atom. The van der Waals surface area contributed by atoms with Crippen LogP contribution in [-0.2, 0) is 0 Å². The van der Waals surface area contributed by atoms with Gasteiger partial charge in [0.2, 0.25) is 11.6 Å². The summed E-state index contributed by atoms with van der Waals surface area (Å²) in [6.07, 6.45) is 2.86. The van der Waals surface area contributed by atoms with Crippen molar-refractivity contribution in [3.63, 3.8) is 0 Å². The van der Waals surface area contributed by atoms with Gasteiger partial charge in [-0.3, -0.25) is 0 Å². The van der Waals surface area contributed by atoms with Gasteiger partial charge in [-0.25, -0.2) is 4.98 Å². The zero-order valence-corrected chi connectivity index (χ0v) is 9.12. The second kappa shape index (κ2) is 3.86. The van der Waals surface area contributed by atoms with Crippen molar-refractivity contribution in [2.24, 2.45) is 0 Å². The molecule has 0 saturated carbocycles. The van der Waals surface area contributed by atoms with Gasteiger partial charge < -0.3 is 8.94 Å². The molecule has 0 atom stereocenters. The molecule has 0 spiro atoms. The van der Waals surface area contributed by atoms with Gasteiger partial charge in [-0.1, -0.05) is 29.4 Å². The molecule has 0 fully saturated rings. The Bertz CT molecular complexity index is 629. The molecule has 2 heterocycles. The highest BCUT2D eigenvalue weighted by molar-refractivity contribution is 5.60. The molecule has 5 heteroatoms. The summed E-state index contributed by atoms with van der Waals surface area (Å²) in [5.74, 6) is 1.35. The third kappa shape index (κ3) is 1.71. The van der Waals surface area contributed by atoms with Crippen LogP contribution in [0.1, 0.15) is 5.56 Å². The molecule has 0 saturated heterocycles. The van der Waals surface area contributed by atoms with E-state index in [1.54, 1.807) is 0 Å². The maximum atomic E-state index is 5.12. The first-order valence-electron chi connectivity index (χ1n) is 5.13. The number of benzene rings is 1. The van der Waals surface area contributed by atoms with Crippen LogP contribution in [0.5, 0.6) is 0 Å². The molecule has 3 aromatic rings. The van der Waals surface area contributed by atoms with Crippen molar-refractivity contribution in [1.82, 2.24) is 15.1 Å². The first-order chi connectivity index (χ1) is 8.34. The van der Waals surface area contributed by atoms with Crippen LogP contribution in [0.3, 0.4) is 0 Å². The fraction of sp³-hybridized carbons (Fsp3) is 0.0833. The third-order valence-corrected chi connectivity index (χ3v) is 2.46. The molecule has 0 aliphatic rings. The van der Waals surface area contributed by atoms with Crippen LogP contribution >= 0.6 is 0 Å². The fourth-order valence-corrected chi connectivity index (χ4v) is 1.58. The maximum Gasteiger partial charge on any atom is 0.295 e. The molecular formula is C12H9N3O2. The largest absolute Gasteiger partial charge is 0.438 e. The highest BCUT2D eigenvalue weighted by Crippen LogP contribution is 2.23. The smallest absolute Gasteiger partial charge is 0.295 e. The molecule has 0 aliphatic heterocycles. The van der Waals surface area contributed by atoms with E-state index >= 15 is 0 Å². The van der Waals surface area contributed by atoms with Crippen LogP contribution < -0.4 is 0 Å². The molecule has 5 nitrogen and oxygen atoms in total. The van der Waals surface area contributed by atoms with Gasteiger partial charge in [-0.05, 0) is 12.5 Å². The number of aryl methyl sites for hydroxylation is 1. The lowest BCUT2D eigenvalue weighted by Crippen LogP contribution is -1.84. The minimum Gasteiger partial charge on any atom is -0.438 e. The second-order valence-corrected chi connectivity index (χ2v) is 3.60. The second-order valence-electron chi connectivity index (χ2n) is 3.60. The summed E-state index contributed by atoms with van der Waals surface area (Å²) in [5, 5.41) is 3.93. The Morgan fingerprint density at radius 2 is 2.06 bits per heavy atom. The number of nitrogens with zero attached hydrogens (tertiary/aromatic N) is 3. The summed E-state index contributed by atoms with van der Waals surface area (Å²) in [6.45, 7) is 2.00. The van der Waals surface area contributed by atoms with Crippen molar-refractivity contribution >= 4 is 0 Å². The van der Waals surface area contributed by atoms with E-state index in [4.69, 9.17) is 8.94 Å². The van der Waals surface area contributed by atoms with Crippen molar-refractivity contribution in [3.8, 4) is 23.0 Å². The molecule has 0 bridgehead atoms. The van der Waals surface area contributed by atoms with E-state index in [2.05, 4.69) is 15.1 Å². The van der Waals surface area contributed by atoms with Gasteiger partial charge in [0, 0.05) is 5.56 Å². The zero-order chi connectivity index (χ0) is 11.7. The van der Waals surface area contributed by atoms with E-state index in [-0.39, 0.29) is 0 Å². The minimum absolute atomic E-state index is 0.334. The van der Waals surface area contributed by atoms with Crippen LogP contribution in [0.2, 0.25) is 0 Å². The highest BCUT2D eigenvalue weighted by atomic mass is 16.5. The first kappa shape index (κ1) is 9.77. The van der Waals surface area contributed by atoms with Gasteiger partial charge in [0.05, 0.1) is 6.20 Å². The first-order valence-corrected chi connectivity index (χ1v) is 5.13. The lowest BCUT2D eigenvalue weighted by atomic mass is 10.1. The van der Waals surface area contributed by atoms with E-state index in [0.717, 1.165) is 11.1 Å². The Morgan fingerprint density at radius 3 is 2.82 bits per heavy atom.